The first kappa shape index (κ1) is 59.6. The number of carbonyl (C=O) groups excluding carboxylic acids is 2. The number of allylic oxidation sites excluding steroid dienone is 8. The van der Waals surface area contributed by atoms with Crippen LogP contribution in [0.1, 0.15) is 168 Å². The summed E-state index contributed by atoms with van der Waals surface area (Å²) >= 11 is 0. The summed E-state index contributed by atoms with van der Waals surface area (Å²) in [7, 11) is 0. The first-order valence-electron chi connectivity index (χ1n) is 25.3. The molecule has 2 saturated heterocycles. The number of aliphatic hydroxyl groups is 7. The van der Waals surface area contributed by atoms with Crippen molar-refractivity contribution in [1.29, 1.82) is 0 Å². The van der Waals surface area contributed by atoms with Crippen molar-refractivity contribution in [1.82, 2.24) is 0 Å². The fourth-order valence-electron chi connectivity index (χ4n) is 7.76. The van der Waals surface area contributed by atoms with Crippen LogP contribution < -0.4 is 0 Å². The Bertz CT molecular complexity index is 1340. The number of ether oxygens (including phenoxy) is 6. The molecule has 382 valence electrons. The molecule has 0 aliphatic carbocycles. The number of hydrogen-bond donors (Lipinski definition) is 7. The lowest BCUT2D eigenvalue weighted by Gasteiger charge is -2.42. The third-order valence-corrected chi connectivity index (χ3v) is 11.9. The third kappa shape index (κ3) is 26.3. The van der Waals surface area contributed by atoms with Crippen LogP contribution in [0.4, 0.5) is 0 Å². The van der Waals surface area contributed by atoms with Gasteiger partial charge in [-0.1, -0.05) is 172 Å². The Morgan fingerprint density at radius 1 is 0.500 bits per heavy atom. The first-order valence-corrected chi connectivity index (χ1v) is 25.3. The van der Waals surface area contributed by atoms with Crippen LogP contribution in [0.25, 0.3) is 0 Å². The van der Waals surface area contributed by atoms with E-state index < -0.39 is 99.3 Å². The summed E-state index contributed by atoms with van der Waals surface area (Å²) in [5.74, 6) is -0.969. The molecule has 2 fully saturated rings. The van der Waals surface area contributed by atoms with Gasteiger partial charge in [0.25, 0.3) is 0 Å². The Hall–Kier alpha value is -2.54. The molecule has 7 N–H and O–H groups in total. The van der Waals surface area contributed by atoms with Crippen LogP contribution in [0.5, 0.6) is 0 Å². The Kier molecular flexibility index (Phi) is 34.6. The molecule has 0 radical (unpaired) electrons. The summed E-state index contributed by atoms with van der Waals surface area (Å²) in [4.78, 5) is 25.7. The highest BCUT2D eigenvalue weighted by Gasteiger charge is 2.47. The van der Waals surface area contributed by atoms with Crippen LogP contribution in [-0.4, -0.2) is 142 Å². The maximum absolute atomic E-state index is 13.0. The zero-order chi connectivity index (χ0) is 48.2. The van der Waals surface area contributed by atoms with Crippen molar-refractivity contribution in [3.8, 4) is 0 Å². The molecule has 0 aromatic rings. The molecule has 11 atom stereocenters. The highest BCUT2D eigenvalue weighted by Crippen LogP contribution is 2.26. The molecule has 0 aromatic heterocycles. The van der Waals surface area contributed by atoms with E-state index in [0.717, 1.165) is 44.9 Å². The van der Waals surface area contributed by atoms with Gasteiger partial charge >= 0.3 is 11.9 Å². The van der Waals surface area contributed by atoms with Gasteiger partial charge in [0.2, 0.25) is 0 Å². The fourth-order valence-corrected chi connectivity index (χ4v) is 7.76. The van der Waals surface area contributed by atoms with E-state index >= 15 is 0 Å². The van der Waals surface area contributed by atoms with Gasteiger partial charge in [-0.3, -0.25) is 9.59 Å². The lowest BCUT2D eigenvalue weighted by molar-refractivity contribution is -0.332. The summed E-state index contributed by atoms with van der Waals surface area (Å²) < 4.78 is 33.5. The van der Waals surface area contributed by atoms with Crippen molar-refractivity contribution in [2.75, 3.05) is 26.4 Å². The van der Waals surface area contributed by atoms with Crippen molar-refractivity contribution in [2.24, 2.45) is 0 Å². The summed E-state index contributed by atoms with van der Waals surface area (Å²) in [5.41, 5.74) is 0. The number of carbonyl (C=O) groups is 2. The monoisotopic (exact) mass is 941 g/mol. The zero-order valence-electron chi connectivity index (χ0n) is 40.2. The third-order valence-electron chi connectivity index (χ3n) is 11.9. The molecule has 2 aliphatic rings. The predicted octanol–water partition coefficient (Wildman–Crippen LogP) is 6.71. The maximum atomic E-state index is 13.0. The standard InChI is InChI=1S/C51H88O15/c1-3-5-7-9-11-13-15-17-18-19-20-22-23-25-27-29-31-33-42(53)61-36-39(64-43(54)34-32-30-28-26-24-21-16-14-12-10-8-6-4-2)37-62-50-49(60)47(58)45(56)41(66-50)38-63-51-48(59)46(57)44(55)40(35-52)65-51/h6,8,10,12,14,16,21,24,39-41,44-52,55-60H,3-5,7,9,11,13,15,17-20,22-23,25-38H2,1-2H3/b8-6+,12-10+,16-14+,24-21+/t39?,40-,41-,44+,45+,46?,47?,48?,49?,50-,51-/m1/s1. The fraction of sp³-hybridized carbons (Fsp3) is 0.804. The van der Waals surface area contributed by atoms with Gasteiger partial charge in [0.15, 0.2) is 18.7 Å². The van der Waals surface area contributed by atoms with E-state index in [1.807, 2.05) is 36.5 Å². The van der Waals surface area contributed by atoms with E-state index in [0.29, 0.717) is 12.8 Å². The Morgan fingerprint density at radius 2 is 0.955 bits per heavy atom. The minimum atomic E-state index is -1.77. The SMILES string of the molecule is CC/C=C/C=C/C=C/C=C/CCCCCC(=O)OC(COC(=O)CCCCCCCCCCCCCCCCCCC)CO[C@@H]1O[C@H](CO[C@@H]2O[C@H](CO)[C@H](O)C(O)C2O)[C@H](O)C(O)C1O. The van der Waals surface area contributed by atoms with Crippen LogP contribution >= 0.6 is 0 Å². The Balaban J connectivity index is 1.82. The van der Waals surface area contributed by atoms with Crippen molar-refractivity contribution < 1.29 is 73.8 Å². The molecular weight excluding hydrogens is 853 g/mol. The zero-order valence-corrected chi connectivity index (χ0v) is 40.2. The molecule has 66 heavy (non-hydrogen) atoms. The molecule has 5 unspecified atom stereocenters. The second-order valence-corrected chi connectivity index (χ2v) is 17.7. The van der Waals surface area contributed by atoms with Gasteiger partial charge in [-0.15, -0.1) is 0 Å². The number of unbranched alkanes of at least 4 members (excludes halogenated alkanes) is 19. The molecular formula is C51H88O15. The van der Waals surface area contributed by atoms with Gasteiger partial charge in [-0.05, 0) is 32.1 Å². The van der Waals surface area contributed by atoms with Crippen LogP contribution in [0.15, 0.2) is 48.6 Å². The molecule has 15 nitrogen and oxygen atoms in total. The average Bonchev–Trinajstić information content (AvgIpc) is 3.31. The minimum Gasteiger partial charge on any atom is -0.462 e. The summed E-state index contributed by atoms with van der Waals surface area (Å²) in [6.45, 7) is 2.40. The van der Waals surface area contributed by atoms with Gasteiger partial charge in [0, 0.05) is 12.8 Å². The van der Waals surface area contributed by atoms with Crippen LogP contribution in [-0.2, 0) is 38.0 Å². The molecule has 0 spiro atoms. The van der Waals surface area contributed by atoms with E-state index in [1.165, 1.54) is 83.5 Å². The molecule has 0 aromatic carbocycles. The van der Waals surface area contributed by atoms with E-state index in [-0.39, 0.29) is 19.4 Å². The molecule has 0 amide bonds. The van der Waals surface area contributed by atoms with Gasteiger partial charge in [0.1, 0.15) is 55.4 Å². The van der Waals surface area contributed by atoms with E-state index in [4.69, 9.17) is 28.4 Å². The van der Waals surface area contributed by atoms with E-state index in [2.05, 4.69) is 26.0 Å². The average molecular weight is 941 g/mol. The molecule has 2 aliphatic heterocycles. The Labute approximate surface area is 395 Å². The van der Waals surface area contributed by atoms with Crippen molar-refractivity contribution in [2.45, 2.75) is 235 Å². The summed E-state index contributed by atoms with van der Waals surface area (Å²) in [5, 5.41) is 72.0. The predicted molar refractivity (Wildman–Crippen MR) is 252 cm³/mol. The molecule has 2 rings (SSSR count). The number of aliphatic hydroxyl groups excluding tert-OH is 7. The van der Waals surface area contributed by atoms with Crippen molar-refractivity contribution >= 4 is 11.9 Å². The maximum Gasteiger partial charge on any atom is 0.306 e. The highest BCUT2D eigenvalue weighted by molar-refractivity contribution is 5.70. The lowest BCUT2D eigenvalue weighted by Crippen LogP contribution is -2.61. The van der Waals surface area contributed by atoms with Gasteiger partial charge < -0.3 is 64.2 Å². The number of rotatable bonds is 38. The summed E-state index contributed by atoms with van der Waals surface area (Å²) in [6.07, 6.45) is 24.4. The second kappa shape index (κ2) is 38.3. The quantitative estimate of drug-likeness (QED) is 0.0194. The molecule has 2 heterocycles. The van der Waals surface area contributed by atoms with Crippen LogP contribution in [0.3, 0.4) is 0 Å². The van der Waals surface area contributed by atoms with Crippen LogP contribution in [0, 0.1) is 0 Å². The lowest BCUT2D eigenvalue weighted by atomic mass is 9.98. The minimum absolute atomic E-state index is 0.119. The topological polar surface area (TPSA) is 231 Å². The first-order chi connectivity index (χ1) is 32.0. The van der Waals surface area contributed by atoms with Gasteiger partial charge in [-0.25, -0.2) is 0 Å². The molecule has 15 heteroatoms. The highest BCUT2D eigenvalue weighted by atomic mass is 16.7. The largest absolute Gasteiger partial charge is 0.462 e. The van der Waals surface area contributed by atoms with E-state index in [1.54, 1.807) is 0 Å². The Morgan fingerprint density at radius 3 is 1.50 bits per heavy atom. The van der Waals surface area contributed by atoms with Gasteiger partial charge in [0.05, 0.1) is 19.8 Å². The molecule has 0 saturated carbocycles. The number of esters is 2. The normalized spacial score (nSPS) is 26.6. The van der Waals surface area contributed by atoms with Crippen molar-refractivity contribution in [3.63, 3.8) is 0 Å². The summed E-state index contributed by atoms with van der Waals surface area (Å²) in [6, 6.07) is 0. The molecule has 0 bridgehead atoms. The van der Waals surface area contributed by atoms with E-state index in [9.17, 15) is 45.3 Å². The van der Waals surface area contributed by atoms with Crippen molar-refractivity contribution in [3.05, 3.63) is 48.6 Å². The smallest absolute Gasteiger partial charge is 0.306 e. The van der Waals surface area contributed by atoms with Crippen LogP contribution in [0.2, 0.25) is 0 Å². The number of hydrogen-bond acceptors (Lipinski definition) is 15. The second-order valence-electron chi connectivity index (χ2n) is 17.7. The van der Waals surface area contributed by atoms with Gasteiger partial charge in [-0.2, -0.15) is 0 Å².